The van der Waals surface area contributed by atoms with Crippen LogP contribution in [-0.2, 0) is 19.9 Å². The number of rotatable bonds is 4. The number of sulfonamides is 1. The second kappa shape index (κ2) is 7.55. The molecule has 9 nitrogen and oxygen atoms in total. The molecule has 0 saturated carbocycles. The van der Waals surface area contributed by atoms with E-state index < -0.39 is 30.9 Å². The minimum Gasteiger partial charge on any atom is -0.228 e. The van der Waals surface area contributed by atoms with Gasteiger partial charge >= 0.3 is 0 Å². The highest BCUT2D eigenvalue weighted by molar-refractivity contribution is 7.92. The van der Waals surface area contributed by atoms with Gasteiger partial charge < -0.3 is 0 Å². The normalized spacial score (nSPS) is 20.4. The summed E-state index contributed by atoms with van der Waals surface area (Å²) in [4.78, 5) is 0.538. The van der Waals surface area contributed by atoms with Crippen LogP contribution in [0.2, 0.25) is 0 Å². The second-order valence-corrected chi connectivity index (χ2v) is 11.7. The predicted molar refractivity (Wildman–Crippen MR) is 104 cm³/mol. The summed E-state index contributed by atoms with van der Waals surface area (Å²) >= 11 is 1.34. The van der Waals surface area contributed by atoms with E-state index >= 15 is 0 Å². The van der Waals surface area contributed by atoms with Gasteiger partial charge in [0.15, 0.2) is 9.84 Å². The van der Waals surface area contributed by atoms with E-state index in [9.17, 15) is 21.2 Å². The first kappa shape index (κ1) is 20.1. The summed E-state index contributed by atoms with van der Waals surface area (Å²) in [5.74, 6) is -1.05. The van der Waals surface area contributed by atoms with Crippen LogP contribution in [0.3, 0.4) is 0 Å². The number of tetrazole rings is 1. The zero-order valence-corrected chi connectivity index (χ0v) is 17.3. The van der Waals surface area contributed by atoms with Crippen molar-refractivity contribution in [1.29, 1.82) is 0 Å². The van der Waals surface area contributed by atoms with E-state index in [1.54, 1.807) is 17.5 Å². The van der Waals surface area contributed by atoms with Crippen LogP contribution in [0.5, 0.6) is 0 Å². The van der Waals surface area contributed by atoms with E-state index in [0.29, 0.717) is 4.88 Å². The number of halogens is 1. The van der Waals surface area contributed by atoms with Gasteiger partial charge in [-0.25, -0.2) is 21.2 Å². The number of aromatic nitrogens is 4. The summed E-state index contributed by atoms with van der Waals surface area (Å²) < 4.78 is 66.9. The Labute approximate surface area is 170 Å². The molecule has 13 heteroatoms. The summed E-state index contributed by atoms with van der Waals surface area (Å²) in [6.07, 6.45) is 0.154. The van der Waals surface area contributed by atoms with Crippen molar-refractivity contribution < 1.29 is 21.2 Å². The Hall–Kier alpha value is -2.22. The van der Waals surface area contributed by atoms with E-state index in [0.717, 1.165) is 22.5 Å². The molecule has 1 fully saturated rings. The number of benzene rings is 1. The monoisotopic (exact) mass is 457 g/mol. The minimum absolute atomic E-state index is 0.0407. The molecule has 2 aromatic heterocycles. The number of sulfone groups is 1. The van der Waals surface area contributed by atoms with E-state index in [2.05, 4.69) is 20.6 Å². The lowest BCUT2D eigenvalue weighted by atomic mass is 10.2. The molecule has 0 amide bonds. The first-order chi connectivity index (χ1) is 13.8. The quantitative estimate of drug-likeness (QED) is 0.631. The summed E-state index contributed by atoms with van der Waals surface area (Å²) in [5, 5.41) is 14.0. The maximum Gasteiger partial charge on any atom is 0.243 e. The van der Waals surface area contributed by atoms with Crippen LogP contribution >= 0.6 is 11.3 Å². The predicted octanol–water partition coefficient (Wildman–Crippen LogP) is 1.62. The van der Waals surface area contributed by atoms with Crippen molar-refractivity contribution in [3.05, 3.63) is 46.4 Å². The molecule has 29 heavy (non-hydrogen) atoms. The highest BCUT2D eigenvalue weighted by atomic mass is 32.2. The molecule has 0 spiro atoms. The summed E-state index contributed by atoms with van der Waals surface area (Å²) in [5.41, 5.74) is -0.112. The molecule has 154 valence electrons. The van der Waals surface area contributed by atoms with Crippen LogP contribution in [-0.4, -0.2) is 60.6 Å². The lowest BCUT2D eigenvalue weighted by Crippen LogP contribution is -2.33. The Morgan fingerprint density at radius 2 is 2.07 bits per heavy atom. The van der Waals surface area contributed by atoms with Gasteiger partial charge in [-0.1, -0.05) is 6.07 Å². The smallest absolute Gasteiger partial charge is 0.228 e. The van der Waals surface area contributed by atoms with Crippen molar-refractivity contribution in [2.45, 2.75) is 16.6 Å². The fourth-order valence-electron chi connectivity index (χ4n) is 3.22. The molecule has 1 unspecified atom stereocenters. The van der Waals surface area contributed by atoms with Crippen molar-refractivity contribution in [2.24, 2.45) is 0 Å². The van der Waals surface area contributed by atoms with Crippen molar-refractivity contribution in [3.63, 3.8) is 0 Å². The number of H-pyrrole nitrogens is 1. The van der Waals surface area contributed by atoms with Crippen molar-refractivity contribution in [1.82, 2.24) is 24.9 Å². The summed E-state index contributed by atoms with van der Waals surface area (Å²) in [6.45, 7) is -0.124. The van der Waals surface area contributed by atoms with Crippen molar-refractivity contribution in [3.8, 4) is 11.4 Å². The minimum atomic E-state index is -4.04. The van der Waals surface area contributed by atoms with E-state index in [1.165, 1.54) is 11.3 Å². The van der Waals surface area contributed by atoms with Gasteiger partial charge in [0.25, 0.3) is 0 Å². The Morgan fingerprint density at radius 3 is 2.76 bits per heavy atom. The van der Waals surface area contributed by atoms with Gasteiger partial charge in [-0.3, -0.25) is 0 Å². The van der Waals surface area contributed by atoms with Crippen molar-refractivity contribution in [2.75, 3.05) is 18.8 Å². The molecule has 1 aliphatic rings. The van der Waals surface area contributed by atoms with Gasteiger partial charge in [0.05, 0.1) is 21.5 Å². The first-order valence-corrected chi connectivity index (χ1v) is 12.6. The van der Waals surface area contributed by atoms with E-state index in [-0.39, 0.29) is 41.5 Å². The SMILES string of the molecule is O=S1(=O)CCN(S(=O)(=O)c2ccc(F)c(-c3nn[nH]n3)c2)CCC1c1cccs1. The number of thiophene rings is 1. The third kappa shape index (κ3) is 3.82. The van der Waals surface area contributed by atoms with Crippen LogP contribution in [0, 0.1) is 5.82 Å². The number of hydrogen-bond donors (Lipinski definition) is 1. The fourth-order valence-corrected chi connectivity index (χ4v) is 7.82. The molecule has 3 aromatic rings. The average molecular weight is 458 g/mol. The van der Waals surface area contributed by atoms with Gasteiger partial charge in [-0.05, 0) is 41.3 Å². The molecule has 1 atom stereocenters. The zero-order chi connectivity index (χ0) is 20.6. The average Bonchev–Trinajstić information content (AvgIpc) is 3.36. The van der Waals surface area contributed by atoms with Gasteiger partial charge in [-0.2, -0.15) is 9.52 Å². The molecule has 1 aliphatic heterocycles. The third-order valence-corrected chi connectivity index (χ3v) is 9.86. The van der Waals surface area contributed by atoms with Crippen molar-refractivity contribution >= 4 is 31.2 Å². The molecule has 3 heterocycles. The maximum absolute atomic E-state index is 14.1. The highest BCUT2D eigenvalue weighted by Crippen LogP contribution is 2.34. The molecule has 0 radical (unpaired) electrons. The molecular formula is C16H16FN5O4S3. The Kier molecular flexibility index (Phi) is 5.23. The number of hydrogen-bond acceptors (Lipinski definition) is 8. The first-order valence-electron chi connectivity index (χ1n) is 8.57. The lowest BCUT2D eigenvalue weighted by Gasteiger charge is -2.20. The molecular weight excluding hydrogens is 441 g/mol. The Balaban J connectivity index is 1.66. The lowest BCUT2D eigenvalue weighted by molar-refractivity contribution is 0.428. The van der Waals surface area contributed by atoms with Gasteiger partial charge in [0.1, 0.15) is 5.82 Å². The zero-order valence-electron chi connectivity index (χ0n) is 14.9. The van der Waals surface area contributed by atoms with Gasteiger partial charge in [0, 0.05) is 18.0 Å². The summed E-state index contributed by atoms with van der Waals surface area (Å²) in [6, 6.07) is 6.80. The second-order valence-electron chi connectivity index (χ2n) is 6.44. The Morgan fingerprint density at radius 1 is 1.24 bits per heavy atom. The molecule has 4 rings (SSSR count). The third-order valence-electron chi connectivity index (χ3n) is 4.72. The van der Waals surface area contributed by atoms with E-state index in [1.807, 2.05) is 0 Å². The molecule has 0 bridgehead atoms. The van der Waals surface area contributed by atoms with Crippen LogP contribution in [0.25, 0.3) is 11.4 Å². The Bertz CT molecular complexity index is 1210. The van der Waals surface area contributed by atoms with E-state index in [4.69, 9.17) is 0 Å². The number of aromatic amines is 1. The topological polar surface area (TPSA) is 126 Å². The van der Waals surface area contributed by atoms with Crippen LogP contribution in [0.1, 0.15) is 16.5 Å². The largest absolute Gasteiger partial charge is 0.243 e. The molecule has 0 aliphatic carbocycles. The van der Waals surface area contributed by atoms with Gasteiger partial charge in [0.2, 0.25) is 15.8 Å². The van der Waals surface area contributed by atoms with Crippen LogP contribution in [0.15, 0.2) is 40.6 Å². The fraction of sp³-hybridized carbons (Fsp3) is 0.312. The number of nitrogens with one attached hydrogen (secondary N) is 1. The highest BCUT2D eigenvalue weighted by Gasteiger charge is 2.36. The summed E-state index contributed by atoms with van der Waals surface area (Å²) in [7, 11) is -7.54. The maximum atomic E-state index is 14.1. The van der Waals surface area contributed by atoms with Crippen LogP contribution in [0.4, 0.5) is 4.39 Å². The van der Waals surface area contributed by atoms with Crippen LogP contribution < -0.4 is 0 Å². The van der Waals surface area contributed by atoms with Gasteiger partial charge in [-0.15, -0.1) is 21.5 Å². The molecule has 1 aromatic carbocycles. The molecule has 1 saturated heterocycles. The standard InChI is InChI=1S/C16H16FN5O4S3/c17-13-4-3-11(10-12(13)16-18-20-21-19-16)29(25,26)22-6-5-15(14-2-1-8-27-14)28(23,24)9-7-22/h1-4,8,10,15H,5-7,9H2,(H,18,19,20,21). The number of nitrogens with zero attached hydrogens (tertiary/aromatic N) is 4. The molecule has 1 N–H and O–H groups in total.